The monoisotopic (exact) mass is 269 g/mol. The molecule has 3 aliphatic rings. The molecule has 1 saturated carbocycles. The molecule has 2 heterocycles. The molecule has 1 aromatic rings. The SMILES string of the molecule is C[n+]1cccc(CN2C(=O)[C@@H]3[C@@H](C2=O)[C@H]2C=C[C@H]3C2)c1. The number of likely N-dealkylation sites (tertiary alicyclic amines) is 1. The highest BCUT2D eigenvalue weighted by Crippen LogP contribution is 2.52. The molecule has 1 aromatic heterocycles. The van der Waals surface area contributed by atoms with Crippen LogP contribution in [0.2, 0.25) is 0 Å². The topological polar surface area (TPSA) is 41.3 Å². The van der Waals surface area contributed by atoms with Crippen LogP contribution in [0.25, 0.3) is 0 Å². The van der Waals surface area contributed by atoms with E-state index in [1.54, 1.807) is 0 Å². The van der Waals surface area contributed by atoms with Gasteiger partial charge in [-0.2, -0.15) is 0 Å². The Morgan fingerprint density at radius 1 is 1.20 bits per heavy atom. The van der Waals surface area contributed by atoms with Crippen molar-refractivity contribution >= 4 is 11.8 Å². The van der Waals surface area contributed by atoms with E-state index < -0.39 is 0 Å². The number of imide groups is 1. The van der Waals surface area contributed by atoms with Crippen LogP contribution in [0.4, 0.5) is 0 Å². The smallest absolute Gasteiger partial charge is 0.234 e. The van der Waals surface area contributed by atoms with Crippen molar-refractivity contribution in [2.45, 2.75) is 13.0 Å². The second-order valence-corrected chi connectivity index (χ2v) is 6.14. The summed E-state index contributed by atoms with van der Waals surface area (Å²) >= 11 is 0. The zero-order valence-electron chi connectivity index (χ0n) is 11.4. The minimum atomic E-state index is -0.0880. The molecule has 0 N–H and O–H groups in total. The maximum atomic E-state index is 12.5. The van der Waals surface area contributed by atoms with Crippen molar-refractivity contribution < 1.29 is 14.2 Å². The van der Waals surface area contributed by atoms with Crippen LogP contribution in [0.15, 0.2) is 36.7 Å². The van der Waals surface area contributed by atoms with Crippen LogP contribution in [0.5, 0.6) is 0 Å². The molecule has 20 heavy (non-hydrogen) atoms. The second kappa shape index (κ2) is 4.01. The normalized spacial score (nSPS) is 34.1. The van der Waals surface area contributed by atoms with E-state index in [1.165, 1.54) is 4.90 Å². The van der Waals surface area contributed by atoms with Gasteiger partial charge in [-0.3, -0.25) is 14.5 Å². The summed E-state index contributed by atoms with van der Waals surface area (Å²) in [4.78, 5) is 26.6. The van der Waals surface area contributed by atoms with Gasteiger partial charge in [-0.05, 0) is 24.3 Å². The fraction of sp³-hybridized carbons (Fsp3) is 0.438. The number of aromatic nitrogens is 1. The van der Waals surface area contributed by atoms with Crippen LogP contribution in [0.3, 0.4) is 0 Å². The minimum absolute atomic E-state index is 0.0309. The van der Waals surface area contributed by atoms with Gasteiger partial charge in [-0.1, -0.05) is 12.2 Å². The largest absolute Gasteiger partial charge is 0.277 e. The molecule has 1 saturated heterocycles. The first-order valence-corrected chi connectivity index (χ1v) is 7.13. The van der Waals surface area contributed by atoms with Gasteiger partial charge in [-0.15, -0.1) is 0 Å². The Bertz CT molecular complexity index is 607. The van der Waals surface area contributed by atoms with Crippen LogP contribution < -0.4 is 4.57 Å². The van der Waals surface area contributed by atoms with Gasteiger partial charge in [-0.25, -0.2) is 4.57 Å². The van der Waals surface area contributed by atoms with E-state index in [0.29, 0.717) is 18.4 Å². The molecule has 102 valence electrons. The Kier molecular flexibility index (Phi) is 2.37. The third kappa shape index (κ3) is 1.51. The molecule has 4 nitrogen and oxygen atoms in total. The fourth-order valence-corrected chi connectivity index (χ4v) is 4.05. The van der Waals surface area contributed by atoms with Gasteiger partial charge >= 0.3 is 0 Å². The van der Waals surface area contributed by atoms with Crippen molar-refractivity contribution in [1.82, 2.24) is 4.90 Å². The predicted molar refractivity (Wildman–Crippen MR) is 70.9 cm³/mol. The number of carbonyl (C=O) groups is 2. The molecule has 2 fully saturated rings. The highest BCUT2D eigenvalue weighted by molar-refractivity contribution is 6.06. The van der Waals surface area contributed by atoms with E-state index in [1.807, 2.05) is 36.1 Å². The summed E-state index contributed by atoms with van der Waals surface area (Å²) in [6.07, 6.45) is 9.14. The quantitative estimate of drug-likeness (QED) is 0.453. The maximum Gasteiger partial charge on any atom is 0.234 e. The first kappa shape index (κ1) is 11.8. The van der Waals surface area contributed by atoms with Crippen molar-refractivity contribution in [2.75, 3.05) is 0 Å². The minimum Gasteiger partial charge on any atom is -0.277 e. The first-order chi connectivity index (χ1) is 9.65. The molecule has 0 aromatic carbocycles. The van der Waals surface area contributed by atoms with Gasteiger partial charge in [0.1, 0.15) is 7.05 Å². The summed E-state index contributed by atoms with van der Waals surface area (Å²) < 4.78 is 1.94. The number of hydrogen-bond donors (Lipinski definition) is 0. The second-order valence-electron chi connectivity index (χ2n) is 6.14. The van der Waals surface area contributed by atoms with E-state index in [0.717, 1.165) is 12.0 Å². The van der Waals surface area contributed by atoms with E-state index in [4.69, 9.17) is 0 Å². The van der Waals surface area contributed by atoms with E-state index >= 15 is 0 Å². The highest BCUT2D eigenvalue weighted by Gasteiger charge is 2.59. The molecule has 2 bridgehead atoms. The number of nitrogens with zero attached hydrogens (tertiary/aromatic N) is 2. The molecule has 4 rings (SSSR count). The average Bonchev–Trinajstić information content (AvgIpc) is 3.09. The van der Waals surface area contributed by atoms with Gasteiger partial charge in [0.05, 0.1) is 18.4 Å². The predicted octanol–water partition coefficient (Wildman–Crippen LogP) is 0.818. The summed E-state index contributed by atoms with van der Waals surface area (Å²) in [7, 11) is 1.94. The lowest BCUT2D eigenvalue weighted by Gasteiger charge is -2.16. The van der Waals surface area contributed by atoms with Gasteiger partial charge in [0.15, 0.2) is 12.4 Å². The van der Waals surface area contributed by atoms with Crippen LogP contribution in [-0.2, 0) is 23.2 Å². The number of fused-ring (bicyclic) bond motifs is 5. The number of carbonyl (C=O) groups excluding carboxylic acids is 2. The van der Waals surface area contributed by atoms with Crippen LogP contribution in [0, 0.1) is 23.7 Å². The molecule has 1 aliphatic heterocycles. The van der Waals surface area contributed by atoms with Gasteiger partial charge in [0.25, 0.3) is 0 Å². The summed E-state index contributed by atoms with van der Waals surface area (Å²) in [5, 5.41) is 0. The lowest BCUT2D eigenvalue weighted by atomic mass is 9.85. The Morgan fingerprint density at radius 3 is 2.45 bits per heavy atom. The number of allylic oxidation sites excluding steroid dienone is 2. The van der Waals surface area contributed by atoms with Gasteiger partial charge in [0, 0.05) is 11.6 Å². The molecule has 0 radical (unpaired) electrons. The van der Waals surface area contributed by atoms with Crippen molar-refractivity contribution in [3.8, 4) is 0 Å². The van der Waals surface area contributed by atoms with Crippen LogP contribution >= 0.6 is 0 Å². The Hall–Kier alpha value is -1.97. The molecular formula is C16H17N2O2+. The summed E-state index contributed by atoms with van der Waals surface area (Å²) in [6, 6.07) is 3.90. The lowest BCUT2D eigenvalue weighted by Crippen LogP contribution is -2.34. The van der Waals surface area contributed by atoms with Crippen molar-refractivity contribution in [3.63, 3.8) is 0 Å². The molecule has 4 heteroatoms. The molecular weight excluding hydrogens is 252 g/mol. The standard InChI is InChI=1S/C16H17N2O2/c1-17-6-2-3-10(8-17)9-18-15(19)13-11-4-5-12(7-11)14(13)16(18)20/h2-6,8,11-14H,7,9H2,1H3/q+1/t11-,12-,13-,14-/m0/s1. The number of pyridine rings is 1. The number of rotatable bonds is 2. The molecule has 4 atom stereocenters. The van der Waals surface area contributed by atoms with Crippen LogP contribution in [0.1, 0.15) is 12.0 Å². The van der Waals surface area contributed by atoms with Crippen molar-refractivity contribution in [2.24, 2.45) is 30.7 Å². The molecule has 0 unspecified atom stereocenters. The highest BCUT2D eigenvalue weighted by atomic mass is 16.2. The fourth-order valence-electron chi connectivity index (χ4n) is 4.05. The molecule has 2 amide bonds. The lowest BCUT2D eigenvalue weighted by molar-refractivity contribution is -0.672. The number of amides is 2. The number of aryl methyl sites for hydroxylation is 1. The summed E-state index contributed by atoms with van der Waals surface area (Å²) in [6.45, 7) is 0.402. The molecule has 2 aliphatic carbocycles. The van der Waals surface area contributed by atoms with Gasteiger partial charge in [0.2, 0.25) is 11.8 Å². The third-order valence-electron chi connectivity index (χ3n) is 4.90. The van der Waals surface area contributed by atoms with E-state index in [-0.39, 0.29) is 23.7 Å². The van der Waals surface area contributed by atoms with E-state index in [9.17, 15) is 9.59 Å². The summed E-state index contributed by atoms with van der Waals surface area (Å²) in [5.74, 6) is 0.466. The Balaban J connectivity index is 1.62. The van der Waals surface area contributed by atoms with Gasteiger partial charge < -0.3 is 0 Å². The zero-order valence-corrected chi connectivity index (χ0v) is 11.4. The summed E-state index contributed by atoms with van der Waals surface area (Å²) in [5.41, 5.74) is 0.997. The van der Waals surface area contributed by atoms with Crippen molar-refractivity contribution in [3.05, 3.63) is 42.2 Å². The van der Waals surface area contributed by atoms with Crippen molar-refractivity contribution in [1.29, 1.82) is 0 Å². The first-order valence-electron chi connectivity index (χ1n) is 7.13. The molecule has 0 spiro atoms. The maximum absolute atomic E-state index is 12.5. The number of hydrogen-bond acceptors (Lipinski definition) is 2. The Morgan fingerprint density at radius 2 is 1.85 bits per heavy atom. The zero-order chi connectivity index (χ0) is 13.9. The Labute approximate surface area is 117 Å². The third-order valence-corrected chi connectivity index (χ3v) is 4.90. The average molecular weight is 269 g/mol. The van der Waals surface area contributed by atoms with E-state index in [2.05, 4.69) is 12.2 Å². The van der Waals surface area contributed by atoms with Crippen LogP contribution in [-0.4, -0.2) is 16.7 Å².